The molecule has 0 aromatic heterocycles. The predicted molar refractivity (Wildman–Crippen MR) is 267 cm³/mol. The zero-order valence-electron chi connectivity index (χ0n) is 35.9. The van der Waals surface area contributed by atoms with Crippen molar-refractivity contribution in [1.29, 1.82) is 0 Å². The van der Waals surface area contributed by atoms with Gasteiger partial charge in [-0.05, 0) is 128 Å². The summed E-state index contributed by atoms with van der Waals surface area (Å²) in [5, 5.41) is 7.74. The van der Waals surface area contributed by atoms with Crippen LogP contribution in [-0.2, 0) is 6.54 Å². The van der Waals surface area contributed by atoms with E-state index in [1.165, 1.54) is 65.7 Å². The largest absolute Gasteiger partial charge is 0.280 e. The topological polar surface area (TPSA) is 24.7 Å². The monoisotopic (exact) mass is 792 g/mol. The number of allylic oxidation sites excluding steroid dienone is 13. The van der Waals surface area contributed by atoms with Crippen molar-refractivity contribution in [3.05, 3.63) is 222 Å². The molecule has 0 amide bonds. The zero-order valence-corrected chi connectivity index (χ0v) is 35.9. The van der Waals surface area contributed by atoms with Gasteiger partial charge in [0.05, 0.1) is 12.3 Å². The first-order chi connectivity index (χ1) is 30.0. The summed E-state index contributed by atoms with van der Waals surface area (Å²) in [5.74, 6) is 0.691. The first kappa shape index (κ1) is 41.1. The van der Waals surface area contributed by atoms with Crippen LogP contribution in [0.3, 0.4) is 0 Å². The lowest BCUT2D eigenvalue weighted by molar-refractivity contribution is 0.767. The smallest absolute Gasteiger partial charge is 0.0665 e. The van der Waals surface area contributed by atoms with Gasteiger partial charge in [0.15, 0.2) is 0 Å². The Labute approximate surface area is 362 Å². The van der Waals surface area contributed by atoms with Crippen LogP contribution in [0, 0.1) is 11.8 Å². The van der Waals surface area contributed by atoms with Crippen molar-refractivity contribution in [3.8, 4) is 11.1 Å². The lowest BCUT2D eigenvalue weighted by Crippen LogP contribution is -2.09. The number of fused-ring (bicyclic) bond motifs is 6. The Morgan fingerprint density at radius 2 is 1.44 bits per heavy atom. The fourth-order valence-corrected chi connectivity index (χ4v) is 9.13. The second-order valence-electron chi connectivity index (χ2n) is 16.3. The van der Waals surface area contributed by atoms with Gasteiger partial charge in [0.2, 0.25) is 0 Å². The van der Waals surface area contributed by atoms with Gasteiger partial charge in [-0.3, -0.25) is 9.98 Å². The molecule has 2 aliphatic rings. The number of aliphatic imine (C=N–C) groups is 2. The maximum absolute atomic E-state index is 5.30. The molecule has 61 heavy (non-hydrogen) atoms. The van der Waals surface area contributed by atoms with E-state index in [1.54, 1.807) is 0 Å². The molecule has 0 spiro atoms. The van der Waals surface area contributed by atoms with Gasteiger partial charge in [0, 0.05) is 23.5 Å². The number of nitrogens with zero attached hydrogens (tertiary/aromatic N) is 2. The number of hydrogen-bond donors (Lipinski definition) is 0. The highest BCUT2D eigenvalue weighted by atomic mass is 14.8. The molecule has 0 heterocycles. The Kier molecular flexibility index (Phi) is 12.9. The number of benzene rings is 6. The van der Waals surface area contributed by atoms with E-state index in [4.69, 9.17) is 4.99 Å². The van der Waals surface area contributed by atoms with Crippen molar-refractivity contribution < 1.29 is 0 Å². The lowest BCUT2D eigenvalue weighted by atomic mass is 9.85. The maximum Gasteiger partial charge on any atom is 0.0665 e. The van der Waals surface area contributed by atoms with E-state index in [-0.39, 0.29) is 11.8 Å². The van der Waals surface area contributed by atoms with Gasteiger partial charge in [-0.2, -0.15) is 0 Å². The van der Waals surface area contributed by atoms with E-state index < -0.39 is 0 Å². The molecule has 3 unspecified atom stereocenters. The minimum Gasteiger partial charge on any atom is -0.280 e. The summed E-state index contributed by atoms with van der Waals surface area (Å²) in [7, 11) is 0. The molecular formula is C59H56N2. The van der Waals surface area contributed by atoms with Gasteiger partial charge in [0.1, 0.15) is 0 Å². The summed E-state index contributed by atoms with van der Waals surface area (Å²) in [6.45, 7) is 15.3. The third-order valence-corrected chi connectivity index (χ3v) is 12.6. The van der Waals surface area contributed by atoms with Crippen molar-refractivity contribution in [1.82, 2.24) is 0 Å². The van der Waals surface area contributed by atoms with Crippen molar-refractivity contribution in [2.45, 2.75) is 58.9 Å². The fourth-order valence-electron chi connectivity index (χ4n) is 9.13. The van der Waals surface area contributed by atoms with Gasteiger partial charge in [-0.25, -0.2) is 0 Å². The Morgan fingerprint density at radius 1 is 0.770 bits per heavy atom. The quantitative estimate of drug-likeness (QED) is 0.0596. The highest BCUT2D eigenvalue weighted by Gasteiger charge is 2.18. The predicted octanol–water partition coefficient (Wildman–Crippen LogP) is 16.1. The van der Waals surface area contributed by atoms with Crippen molar-refractivity contribution in [3.63, 3.8) is 0 Å². The summed E-state index contributed by atoms with van der Waals surface area (Å²) in [5.41, 5.74) is 11.7. The van der Waals surface area contributed by atoms with Gasteiger partial charge in [0.25, 0.3) is 0 Å². The minimum atomic E-state index is 0.0274. The van der Waals surface area contributed by atoms with Crippen LogP contribution < -0.4 is 0 Å². The second kappa shape index (κ2) is 19.2. The van der Waals surface area contributed by atoms with E-state index >= 15 is 0 Å². The summed E-state index contributed by atoms with van der Waals surface area (Å²) in [6, 6.07) is 41.9. The molecule has 0 aliphatic heterocycles. The highest BCUT2D eigenvalue weighted by Crippen LogP contribution is 2.38. The summed E-state index contributed by atoms with van der Waals surface area (Å²) in [4.78, 5) is 9.90. The lowest BCUT2D eigenvalue weighted by Gasteiger charge is -2.20. The SMILES string of the molecule is C=Cc1ccccc1C(CC)C(/C=C\C(C)/C(=C/C(=N\Cc1ccc(-c2ccc3c4ccccc4c4ccccc4c3c2)cc1)C1=CCC(C2=CCCC=C2)C=C1)N=C)=C/C. The third-order valence-electron chi connectivity index (χ3n) is 12.6. The zero-order chi connectivity index (χ0) is 42.1. The number of hydrogen-bond acceptors (Lipinski definition) is 2. The van der Waals surface area contributed by atoms with Crippen LogP contribution in [0.2, 0.25) is 0 Å². The molecule has 302 valence electrons. The summed E-state index contributed by atoms with van der Waals surface area (Å²) >= 11 is 0. The van der Waals surface area contributed by atoms with E-state index in [9.17, 15) is 0 Å². The first-order valence-electron chi connectivity index (χ1n) is 22.0. The van der Waals surface area contributed by atoms with Crippen molar-refractivity contribution in [2.75, 3.05) is 0 Å². The molecule has 2 nitrogen and oxygen atoms in total. The molecule has 0 saturated carbocycles. The molecule has 0 radical (unpaired) electrons. The third kappa shape index (κ3) is 8.96. The van der Waals surface area contributed by atoms with Gasteiger partial charge in [-0.1, -0.05) is 190 Å². The van der Waals surface area contributed by atoms with Crippen molar-refractivity contribution >= 4 is 50.8 Å². The Hall–Kier alpha value is -6.64. The fraction of sp³-hybridized carbons (Fsp3) is 0.186. The highest BCUT2D eigenvalue weighted by molar-refractivity contribution is 6.25. The van der Waals surface area contributed by atoms with Crippen molar-refractivity contribution in [2.24, 2.45) is 21.8 Å². The summed E-state index contributed by atoms with van der Waals surface area (Å²) in [6.07, 6.45) is 29.0. The average molecular weight is 793 g/mol. The maximum atomic E-state index is 5.30. The van der Waals surface area contributed by atoms with Crippen LogP contribution in [0.1, 0.15) is 69.1 Å². The summed E-state index contributed by atoms with van der Waals surface area (Å²) < 4.78 is 0. The van der Waals surface area contributed by atoms with Gasteiger partial charge >= 0.3 is 0 Å². The average Bonchev–Trinajstić information content (AvgIpc) is 3.33. The molecule has 0 bridgehead atoms. The van der Waals surface area contributed by atoms with Crippen LogP contribution in [0.4, 0.5) is 0 Å². The van der Waals surface area contributed by atoms with E-state index in [1.807, 2.05) is 6.08 Å². The van der Waals surface area contributed by atoms with Gasteiger partial charge < -0.3 is 0 Å². The molecule has 6 aromatic carbocycles. The Balaban J connectivity index is 1.07. The van der Waals surface area contributed by atoms with Crippen LogP contribution in [0.25, 0.3) is 49.5 Å². The van der Waals surface area contributed by atoms with E-state index in [2.05, 4.69) is 215 Å². The van der Waals surface area contributed by atoms with Crippen LogP contribution in [0.15, 0.2) is 215 Å². The molecule has 0 N–H and O–H groups in total. The van der Waals surface area contributed by atoms with Crippen LogP contribution in [0.5, 0.6) is 0 Å². The van der Waals surface area contributed by atoms with Crippen LogP contribution in [-0.4, -0.2) is 12.4 Å². The molecular weight excluding hydrogens is 737 g/mol. The molecule has 8 rings (SSSR count). The molecule has 0 saturated heterocycles. The van der Waals surface area contributed by atoms with Gasteiger partial charge in [-0.15, -0.1) is 0 Å². The Morgan fingerprint density at radius 3 is 2.07 bits per heavy atom. The standard InChI is InChI=1S/C59H56N2/c1-6-43-18-12-13-21-51(43)50(8-3)44(7-2)29-26-41(4)58(60-5)39-59(48-34-32-46(33-35-48)45-19-10-9-11-20-45)61-40-42-27-30-47(31-28-42)49-36-37-56-54-24-15-14-22-52(54)53-23-16-17-25-55(53)57(56)38-49/h6-7,10,12-32,34-39,41,46,50H,1,5,8-9,11,33,40H2,2-4H3/b29-26-,44-7+,58-39-,61-59+. The first-order valence-corrected chi connectivity index (χ1v) is 22.0. The second-order valence-corrected chi connectivity index (χ2v) is 16.3. The number of rotatable bonds is 14. The molecule has 2 heteroatoms. The normalized spacial score (nSPS) is 17.2. The molecule has 3 atom stereocenters. The molecule has 6 aromatic rings. The molecule has 2 aliphatic carbocycles. The Bertz CT molecular complexity index is 2810. The van der Waals surface area contributed by atoms with Crippen LogP contribution >= 0.6 is 0 Å². The van der Waals surface area contributed by atoms with E-state index in [0.717, 1.165) is 48.2 Å². The minimum absolute atomic E-state index is 0.0274. The van der Waals surface area contributed by atoms with E-state index in [0.29, 0.717) is 12.5 Å². The molecule has 0 fully saturated rings.